The maximum Gasteiger partial charge on any atom is 0.495 e. The number of hydrogen-bond donors (Lipinski definition) is 0. The maximum atomic E-state index is 6.16. The summed E-state index contributed by atoms with van der Waals surface area (Å²) in [6.07, 6.45) is 0.941. The van der Waals surface area contributed by atoms with Gasteiger partial charge in [-0.05, 0) is 57.1 Å². The van der Waals surface area contributed by atoms with E-state index in [4.69, 9.17) is 9.31 Å². The topological polar surface area (TPSA) is 31.4 Å². The zero-order valence-corrected chi connectivity index (χ0v) is 13.4. The van der Waals surface area contributed by atoms with E-state index in [2.05, 4.69) is 57.8 Å². The van der Waals surface area contributed by atoms with E-state index in [1.54, 1.807) is 0 Å². The fourth-order valence-corrected chi connectivity index (χ4v) is 2.59. The van der Waals surface area contributed by atoms with E-state index < -0.39 is 0 Å². The molecule has 0 N–H and O–H groups in total. The first kappa shape index (κ1) is 14.5. The molecule has 1 aromatic heterocycles. The van der Waals surface area contributed by atoms with Crippen LogP contribution in [0.3, 0.4) is 0 Å². The lowest BCUT2D eigenvalue weighted by Crippen LogP contribution is -2.41. The second kappa shape index (κ2) is 4.82. The van der Waals surface area contributed by atoms with Crippen molar-refractivity contribution in [1.82, 2.24) is 4.98 Å². The van der Waals surface area contributed by atoms with Gasteiger partial charge >= 0.3 is 7.12 Å². The lowest BCUT2D eigenvalue weighted by atomic mass is 9.76. The lowest BCUT2D eigenvalue weighted by molar-refractivity contribution is 0.00578. The molecule has 21 heavy (non-hydrogen) atoms. The highest BCUT2D eigenvalue weighted by Crippen LogP contribution is 2.36. The minimum atomic E-state index is -0.340. The van der Waals surface area contributed by atoms with Gasteiger partial charge in [-0.3, -0.25) is 4.98 Å². The smallest absolute Gasteiger partial charge is 0.399 e. The van der Waals surface area contributed by atoms with Gasteiger partial charge in [-0.1, -0.05) is 25.1 Å². The molecule has 0 radical (unpaired) electrons. The van der Waals surface area contributed by atoms with Crippen LogP contribution >= 0.6 is 0 Å². The summed E-state index contributed by atoms with van der Waals surface area (Å²) in [4.78, 5) is 4.69. The molecule has 110 valence electrons. The minimum Gasteiger partial charge on any atom is -0.399 e. The predicted octanol–water partition coefficient (Wildman–Crippen LogP) is 3.10. The molecular formula is C17H22BNO2. The van der Waals surface area contributed by atoms with Crippen LogP contribution in [0.2, 0.25) is 0 Å². The molecule has 0 atom stereocenters. The van der Waals surface area contributed by atoms with Crippen LogP contribution in [0.15, 0.2) is 30.3 Å². The van der Waals surface area contributed by atoms with E-state index in [9.17, 15) is 0 Å². The van der Waals surface area contributed by atoms with Gasteiger partial charge in [0.2, 0.25) is 0 Å². The molecular weight excluding hydrogens is 261 g/mol. The van der Waals surface area contributed by atoms with Crippen LogP contribution in [0, 0.1) is 0 Å². The maximum absolute atomic E-state index is 6.16. The van der Waals surface area contributed by atoms with Crippen molar-refractivity contribution < 1.29 is 9.31 Å². The highest BCUT2D eigenvalue weighted by molar-refractivity contribution is 6.65. The molecule has 1 aromatic carbocycles. The van der Waals surface area contributed by atoms with Gasteiger partial charge < -0.3 is 9.31 Å². The molecule has 3 nitrogen and oxygen atoms in total. The summed E-state index contributed by atoms with van der Waals surface area (Å²) in [5, 5.41) is 1.10. The molecule has 1 aliphatic heterocycles. The molecule has 0 saturated carbocycles. The van der Waals surface area contributed by atoms with Crippen molar-refractivity contribution in [2.75, 3.05) is 0 Å². The first-order valence-corrected chi connectivity index (χ1v) is 7.58. The number of pyridine rings is 1. The van der Waals surface area contributed by atoms with Crippen LogP contribution in [-0.2, 0) is 15.7 Å². The summed E-state index contributed by atoms with van der Waals surface area (Å²) in [6, 6.07) is 10.3. The largest absolute Gasteiger partial charge is 0.495 e. The second-order valence-electron chi connectivity index (χ2n) is 6.66. The van der Waals surface area contributed by atoms with Crippen LogP contribution in [0.5, 0.6) is 0 Å². The quantitative estimate of drug-likeness (QED) is 0.794. The van der Waals surface area contributed by atoms with Crippen LogP contribution in [0.1, 0.15) is 40.3 Å². The van der Waals surface area contributed by atoms with Crippen LogP contribution in [0.4, 0.5) is 0 Å². The third-order valence-corrected chi connectivity index (χ3v) is 4.69. The first-order valence-electron chi connectivity index (χ1n) is 7.58. The molecule has 2 heterocycles. The Bertz CT molecular complexity index is 666. The Morgan fingerprint density at radius 1 is 1.00 bits per heavy atom. The molecule has 1 saturated heterocycles. The van der Waals surface area contributed by atoms with E-state index in [0.717, 1.165) is 28.5 Å². The molecule has 1 aliphatic rings. The third kappa shape index (κ3) is 2.36. The summed E-state index contributed by atoms with van der Waals surface area (Å²) in [5.41, 5.74) is 2.52. The molecule has 2 aromatic rings. The summed E-state index contributed by atoms with van der Waals surface area (Å²) in [6.45, 7) is 10.4. The number of nitrogens with zero attached hydrogens (tertiary/aromatic N) is 1. The van der Waals surface area contributed by atoms with Gasteiger partial charge in [0, 0.05) is 5.69 Å². The van der Waals surface area contributed by atoms with Crippen LogP contribution in [-0.4, -0.2) is 23.3 Å². The van der Waals surface area contributed by atoms with E-state index in [1.807, 2.05) is 12.1 Å². The molecule has 0 spiro atoms. The van der Waals surface area contributed by atoms with E-state index in [0.29, 0.717) is 0 Å². The Morgan fingerprint density at radius 3 is 2.29 bits per heavy atom. The van der Waals surface area contributed by atoms with Gasteiger partial charge in [0.05, 0.1) is 16.7 Å². The van der Waals surface area contributed by atoms with Crippen molar-refractivity contribution >= 4 is 23.5 Å². The fourth-order valence-electron chi connectivity index (χ4n) is 2.59. The van der Waals surface area contributed by atoms with Crippen molar-refractivity contribution in [3.8, 4) is 0 Å². The number of fused-ring (bicyclic) bond motifs is 1. The van der Waals surface area contributed by atoms with Crippen LogP contribution in [0.25, 0.3) is 10.9 Å². The zero-order chi connectivity index (χ0) is 15.3. The average molecular weight is 283 g/mol. The van der Waals surface area contributed by atoms with E-state index in [-0.39, 0.29) is 18.3 Å². The molecule has 1 fully saturated rings. The van der Waals surface area contributed by atoms with Gasteiger partial charge in [0.15, 0.2) is 0 Å². The number of hydrogen-bond acceptors (Lipinski definition) is 3. The monoisotopic (exact) mass is 283 g/mol. The molecule has 3 rings (SSSR count). The Kier molecular flexibility index (Phi) is 3.34. The van der Waals surface area contributed by atoms with Gasteiger partial charge in [-0.15, -0.1) is 0 Å². The van der Waals surface area contributed by atoms with Crippen molar-refractivity contribution in [1.29, 1.82) is 0 Å². The fraction of sp³-hybridized carbons (Fsp3) is 0.471. The number of aryl methyl sites for hydroxylation is 1. The van der Waals surface area contributed by atoms with Gasteiger partial charge in [0.1, 0.15) is 0 Å². The Morgan fingerprint density at radius 2 is 1.67 bits per heavy atom. The second-order valence-corrected chi connectivity index (χ2v) is 6.66. The first-order chi connectivity index (χ1) is 9.84. The predicted molar refractivity (Wildman–Crippen MR) is 86.8 cm³/mol. The Hall–Kier alpha value is -1.39. The summed E-state index contributed by atoms with van der Waals surface area (Å²) < 4.78 is 12.3. The van der Waals surface area contributed by atoms with Gasteiger partial charge in [-0.25, -0.2) is 0 Å². The van der Waals surface area contributed by atoms with Crippen molar-refractivity contribution in [3.05, 3.63) is 36.0 Å². The highest BCUT2D eigenvalue weighted by atomic mass is 16.7. The lowest BCUT2D eigenvalue weighted by Gasteiger charge is -2.32. The average Bonchev–Trinajstić information content (AvgIpc) is 2.66. The van der Waals surface area contributed by atoms with Crippen LogP contribution < -0.4 is 5.46 Å². The van der Waals surface area contributed by atoms with Gasteiger partial charge in [0.25, 0.3) is 0 Å². The molecule has 0 aliphatic carbocycles. The number of rotatable bonds is 2. The SMILES string of the molecule is CCc1ccc2c(B3OC(C)(C)C(C)(C)O3)cccc2n1. The zero-order valence-electron chi connectivity index (χ0n) is 13.4. The Labute approximate surface area is 126 Å². The molecule has 0 amide bonds. The molecule has 0 unspecified atom stereocenters. The van der Waals surface area contributed by atoms with Crippen molar-refractivity contribution in [2.45, 2.75) is 52.2 Å². The standard InChI is InChI=1S/C17H22BNO2/c1-6-12-10-11-13-14(8-7-9-15(13)19-12)18-20-16(2,3)17(4,5)21-18/h7-11H,6H2,1-5H3. The summed E-state index contributed by atoms with van der Waals surface area (Å²) >= 11 is 0. The minimum absolute atomic E-state index is 0.323. The van der Waals surface area contributed by atoms with Gasteiger partial charge in [-0.2, -0.15) is 0 Å². The molecule has 0 bridgehead atoms. The number of aromatic nitrogens is 1. The van der Waals surface area contributed by atoms with Crippen molar-refractivity contribution in [3.63, 3.8) is 0 Å². The normalized spacial score (nSPS) is 20.1. The Balaban J connectivity index is 2.06. The highest BCUT2D eigenvalue weighted by Gasteiger charge is 2.52. The number of benzene rings is 1. The van der Waals surface area contributed by atoms with Crippen molar-refractivity contribution in [2.24, 2.45) is 0 Å². The molecule has 4 heteroatoms. The summed E-state index contributed by atoms with van der Waals surface area (Å²) in [5.74, 6) is 0. The van der Waals surface area contributed by atoms with E-state index in [1.165, 1.54) is 0 Å². The summed E-state index contributed by atoms with van der Waals surface area (Å²) in [7, 11) is -0.340. The third-order valence-electron chi connectivity index (χ3n) is 4.69. The van der Waals surface area contributed by atoms with E-state index >= 15 is 0 Å².